The van der Waals surface area contributed by atoms with E-state index in [0.29, 0.717) is 0 Å². The molecular weight excluding hydrogens is 182 g/mol. The van der Waals surface area contributed by atoms with Crippen LogP contribution in [0.25, 0.3) is 0 Å². The topological polar surface area (TPSA) is 23.8 Å². The highest BCUT2D eigenvalue weighted by Gasteiger charge is 2.22. The number of hydrogen-bond acceptors (Lipinski definition) is 1. The van der Waals surface area contributed by atoms with E-state index in [1.165, 1.54) is 36.0 Å². The summed E-state index contributed by atoms with van der Waals surface area (Å²) in [4.78, 5) is 0. The van der Waals surface area contributed by atoms with Crippen LogP contribution in [0, 0.1) is 17.2 Å². The molecule has 0 heterocycles. The minimum absolute atomic E-state index is 0.754. The van der Waals surface area contributed by atoms with Gasteiger partial charge in [0.15, 0.2) is 0 Å². The summed E-state index contributed by atoms with van der Waals surface area (Å²) >= 11 is 0. The first-order valence-corrected chi connectivity index (χ1v) is 5.69. The van der Waals surface area contributed by atoms with E-state index in [4.69, 9.17) is 5.26 Å². The Bertz CT molecular complexity index is 402. The summed E-state index contributed by atoms with van der Waals surface area (Å²) in [5.41, 5.74) is 5.07. The predicted molar refractivity (Wildman–Crippen MR) is 62.1 cm³/mol. The lowest BCUT2D eigenvalue weighted by molar-refractivity contribution is 0.498. The summed E-state index contributed by atoms with van der Waals surface area (Å²) in [7, 11) is 0. The van der Waals surface area contributed by atoms with E-state index in [1.807, 2.05) is 6.92 Å². The van der Waals surface area contributed by atoms with Crippen LogP contribution in [0.3, 0.4) is 0 Å². The molecule has 0 aromatic carbocycles. The van der Waals surface area contributed by atoms with Gasteiger partial charge < -0.3 is 0 Å². The monoisotopic (exact) mass is 199 g/mol. The summed E-state index contributed by atoms with van der Waals surface area (Å²) in [6.45, 7) is 4.12. The Hall–Kier alpha value is -1.29. The standard InChI is InChI=1S/C14H17N/c1-10-3-4-12-5-6-13(11(2)9-15)8-14(12)7-10/h7-8,12H,3-6H2,1-2H3/b13-11+. The van der Waals surface area contributed by atoms with E-state index >= 15 is 0 Å². The molecule has 1 unspecified atom stereocenters. The molecule has 1 heteroatoms. The average molecular weight is 199 g/mol. The van der Waals surface area contributed by atoms with Gasteiger partial charge in [-0.05, 0) is 56.6 Å². The molecule has 15 heavy (non-hydrogen) atoms. The van der Waals surface area contributed by atoms with Gasteiger partial charge in [-0.25, -0.2) is 0 Å². The molecule has 0 spiro atoms. The fraction of sp³-hybridized carbons (Fsp3) is 0.500. The highest BCUT2D eigenvalue weighted by molar-refractivity contribution is 5.43. The van der Waals surface area contributed by atoms with Crippen molar-refractivity contribution in [1.82, 2.24) is 0 Å². The molecule has 0 N–H and O–H groups in total. The van der Waals surface area contributed by atoms with Crippen LogP contribution in [-0.2, 0) is 0 Å². The lowest BCUT2D eigenvalue weighted by atomic mass is 9.77. The van der Waals surface area contributed by atoms with Crippen LogP contribution in [0.1, 0.15) is 39.5 Å². The second-order valence-corrected chi connectivity index (χ2v) is 4.67. The Labute approximate surface area is 91.8 Å². The molecule has 1 nitrogen and oxygen atoms in total. The van der Waals surface area contributed by atoms with Crippen molar-refractivity contribution in [2.24, 2.45) is 5.92 Å². The van der Waals surface area contributed by atoms with Crippen LogP contribution in [0.15, 0.2) is 34.4 Å². The number of allylic oxidation sites excluding steroid dienone is 6. The number of nitriles is 1. The molecule has 2 aliphatic carbocycles. The molecular formula is C14H17N. The first-order chi connectivity index (χ1) is 7.20. The van der Waals surface area contributed by atoms with Crippen LogP contribution in [0.4, 0.5) is 0 Å². The van der Waals surface area contributed by atoms with Crippen molar-refractivity contribution in [2.45, 2.75) is 39.5 Å². The number of hydrogen-bond donors (Lipinski definition) is 0. The molecule has 0 aromatic heterocycles. The normalized spacial score (nSPS) is 28.5. The summed E-state index contributed by atoms with van der Waals surface area (Å²) in [5.74, 6) is 0.754. The summed E-state index contributed by atoms with van der Waals surface area (Å²) in [6.07, 6.45) is 9.42. The van der Waals surface area contributed by atoms with Crippen LogP contribution in [0.5, 0.6) is 0 Å². The smallest absolute Gasteiger partial charge is 0.0946 e. The van der Waals surface area contributed by atoms with Crippen molar-refractivity contribution >= 4 is 0 Å². The summed E-state index contributed by atoms with van der Waals surface area (Å²) in [5, 5.41) is 8.88. The predicted octanol–water partition coefficient (Wildman–Crippen LogP) is 3.90. The fourth-order valence-corrected chi connectivity index (χ4v) is 2.48. The first kappa shape index (κ1) is 10.2. The second-order valence-electron chi connectivity index (χ2n) is 4.67. The largest absolute Gasteiger partial charge is 0.193 e. The third kappa shape index (κ3) is 2.04. The molecule has 0 radical (unpaired) electrons. The van der Waals surface area contributed by atoms with Crippen LogP contribution >= 0.6 is 0 Å². The van der Waals surface area contributed by atoms with Crippen molar-refractivity contribution in [3.05, 3.63) is 34.4 Å². The SMILES string of the molecule is CC1=CC2=C/C(=C(\C)C#N)CCC2CC1. The van der Waals surface area contributed by atoms with Gasteiger partial charge in [0.2, 0.25) is 0 Å². The molecule has 0 saturated carbocycles. The van der Waals surface area contributed by atoms with Gasteiger partial charge >= 0.3 is 0 Å². The van der Waals surface area contributed by atoms with E-state index in [0.717, 1.165) is 17.9 Å². The van der Waals surface area contributed by atoms with E-state index in [1.54, 1.807) is 0 Å². The minimum atomic E-state index is 0.754. The zero-order chi connectivity index (χ0) is 10.8. The van der Waals surface area contributed by atoms with Gasteiger partial charge in [-0.2, -0.15) is 5.26 Å². The number of nitrogens with zero attached hydrogens (tertiary/aromatic N) is 1. The van der Waals surface area contributed by atoms with E-state index in [9.17, 15) is 0 Å². The maximum absolute atomic E-state index is 8.88. The van der Waals surface area contributed by atoms with Crippen molar-refractivity contribution in [1.29, 1.82) is 5.26 Å². The Balaban J connectivity index is 2.36. The molecule has 0 bridgehead atoms. The molecule has 0 amide bonds. The van der Waals surface area contributed by atoms with Gasteiger partial charge in [-0.1, -0.05) is 17.7 Å². The zero-order valence-electron chi connectivity index (χ0n) is 9.51. The Morgan fingerprint density at radius 3 is 2.80 bits per heavy atom. The third-order valence-corrected chi connectivity index (χ3v) is 3.52. The Morgan fingerprint density at radius 2 is 2.07 bits per heavy atom. The zero-order valence-corrected chi connectivity index (χ0v) is 9.51. The molecule has 0 aromatic rings. The maximum atomic E-state index is 8.88. The van der Waals surface area contributed by atoms with E-state index < -0.39 is 0 Å². The highest BCUT2D eigenvalue weighted by Crippen LogP contribution is 2.37. The van der Waals surface area contributed by atoms with Gasteiger partial charge in [-0.15, -0.1) is 0 Å². The molecule has 2 aliphatic rings. The summed E-state index contributed by atoms with van der Waals surface area (Å²) in [6, 6.07) is 2.26. The van der Waals surface area contributed by atoms with Gasteiger partial charge in [0.25, 0.3) is 0 Å². The quantitative estimate of drug-likeness (QED) is 0.543. The molecule has 1 atom stereocenters. The van der Waals surface area contributed by atoms with Gasteiger partial charge in [-0.3, -0.25) is 0 Å². The van der Waals surface area contributed by atoms with Crippen LogP contribution in [-0.4, -0.2) is 0 Å². The summed E-state index contributed by atoms with van der Waals surface area (Å²) < 4.78 is 0. The van der Waals surface area contributed by atoms with Crippen LogP contribution < -0.4 is 0 Å². The number of rotatable bonds is 0. The first-order valence-electron chi connectivity index (χ1n) is 5.69. The van der Waals surface area contributed by atoms with Gasteiger partial charge in [0.1, 0.15) is 0 Å². The molecule has 0 fully saturated rings. The molecule has 2 rings (SSSR count). The third-order valence-electron chi connectivity index (χ3n) is 3.52. The highest BCUT2D eigenvalue weighted by atomic mass is 14.3. The van der Waals surface area contributed by atoms with Crippen molar-refractivity contribution in [3.63, 3.8) is 0 Å². The average Bonchev–Trinajstić information content (AvgIpc) is 2.27. The molecule has 0 saturated heterocycles. The second kappa shape index (κ2) is 4.06. The lowest BCUT2D eigenvalue weighted by Gasteiger charge is -2.28. The van der Waals surface area contributed by atoms with Crippen LogP contribution in [0.2, 0.25) is 0 Å². The van der Waals surface area contributed by atoms with E-state index in [2.05, 4.69) is 25.1 Å². The maximum Gasteiger partial charge on any atom is 0.0946 e. The van der Waals surface area contributed by atoms with Gasteiger partial charge in [0.05, 0.1) is 6.07 Å². The van der Waals surface area contributed by atoms with Crippen molar-refractivity contribution in [2.75, 3.05) is 0 Å². The van der Waals surface area contributed by atoms with Crippen molar-refractivity contribution in [3.8, 4) is 6.07 Å². The Morgan fingerprint density at radius 1 is 1.33 bits per heavy atom. The molecule has 0 aliphatic heterocycles. The minimum Gasteiger partial charge on any atom is -0.193 e. The molecule has 78 valence electrons. The van der Waals surface area contributed by atoms with Gasteiger partial charge in [0, 0.05) is 5.57 Å². The fourth-order valence-electron chi connectivity index (χ4n) is 2.48. The van der Waals surface area contributed by atoms with Crippen molar-refractivity contribution < 1.29 is 0 Å². The number of fused-ring (bicyclic) bond motifs is 1. The lowest BCUT2D eigenvalue weighted by Crippen LogP contribution is -2.13. The Kier molecular flexibility index (Phi) is 2.77. The van der Waals surface area contributed by atoms with E-state index in [-0.39, 0.29) is 0 Å².